The zero-order valence-corrected chi connectivity index (χ0v) is 18.4. The number of carbonyl (C=O) groups is 2. The third-order valence-corrected chi connectivity index (χ3v) is 5.27. The fourth-order valence-electron chi connectivity index (χ4n) is 4.08. The third-order valence-electron chi connectivity index (χ3n) is 5.27. The van der Waals surface area contributed by atoms with Gasteiger partial charge in [0.05, 0.1) is 12.6 Å². The van der Waals surface area contributed by atoms with Gasteiger partial charge in [-0.05, 0) is 55.5 Å². The van der Waals surface area contributed by atoms with Crippen molar-refractivity contribution in [3.05, 3.63) is 47.5 Å². The standard InChI is InChI=1S/C24H32N2O4/c1-24(2,3)30-23(28)25-14-7-15-26-20(12-13-21(26)27)22-18(16-29-4)11-10-17-8-5-6-9-19(17)22/h5-6,8-11,20H,7,12-16H2,1-4H3,(H,25,28)/t20-/m0/s1. The van der Waals surface area contributed by atoms with Crippen molar-refractivity contribution in [3.63, 3.8) is 0 Å². The summed E-state index contributed by atoms with van der Waals surface area (Å²) in [5, 5.41) is 5.11. The Morgan fingerprint density at radius 3 is 2.70 bits per heavy atom. The van der Waals surface area contributed by atoms with Crippen LogP contribution < -0.4 is 5.32 Å². The number of likely N-dealkylation sites (tertiary alicyclic amines) is 1. The first kappa shape index (κ1) is 22.1. The Hall–Kier alpha value is -2.60. The summed E-state index contributed by atoms with van der Waals surface area (Å²) in [6.45, 7) is 7.07. The SMILES string of the molecule is COCc1ccc2ccccc2c1[C@@H]1CCC(=O)N1CCCNC(=O)OC(C)(C)C. The highest BCUT2D eigenvalue weighted by Gasteiger charge is 2.34. The van der Waals surface area contributed by atoms with Gasteiger partial charge in [0.1, 0.15) is 5.60 Å². The molecular weight excluding hydrogens is 380 g/mol. The largest absolute Gasteiger partial charge is 0.444 e. The Labute approximate surface area is 178 Å². The number of nitrogens with zero attached hydrogens (tertiary/aromatic N) is 1. The zero-order valence-electron chi connectivity index (χ0n) is 18.4. The number of methoxy groups -OCH3 is 1. The highest BCUT2D eigenvalue weighted by Crippen LogP contribution is 2.39. The van der Waals surface area contributed by atoms with Crippen molar-refractivity contribution >= 4 is 22.8 Å². The predicted octanol–water partition coefficient (Wildman–Crippen LogP) is 4.56. The quantitative estimate of drug-likeness (QED) is 0.677. The second-order valence-electron chi connectivity index (χ2n) is 8.72. The minimum absolute atomic E-state index is 0.0234. The van der Waals surface area contributed by atoms with Crippen LogP contribution in [0.25, 0.3) is 10.8 Å². The molecule has 2 aromatic rings. The number of rotatable bonds is 7. The topological polar surface area (TPSA) is 67.9 Å². The van der Waals surface area contributed by atoms with E-state index in [1.165, 1.54) is 16.3 Å². The number of hydrogen-bond acceptors (Lipinski definition) is 4. The molecule has 2 aromatic carbocycles. The molecule has 6 heteroatoms. The molecule has 0 saturated carbocycles. The monoisotopic (exact) mass is 412 g/mol. The summed E-state index contributed by atoms with van der Waals surface area (Å²) < 4.78 is 10.7. The van der Waals surface area contributed by atoms with Gasteiger partial charge in [-0.2, -0.15) is 0 Å². The van der Waals surface area contributed by atoms with Crippen LogP contribution in [0.5, 0.6) is 0 Å². The summed E-state index contributed by atoms with van der Waals surface area (Å²) in [5.41, 5.74) is 1.78. The number of fused-ring (bicyclic) bond motifs is 1. The highest BCUT2D eigenvalue weighted by atomic mass is 16.6. The highest BCUT2D eigenvalue weighted by molar-refractivity contribution is 5.89. The van der Waals surface area contributed by atoms with Gasteiger partial charge >= 0.3 is 6.09 Å². The maximum Gasteiger partial charge on any atom is 0.407 e. The minimum Gasteiger partial charge on any atom is -0.444 e. The molecule has 30 heavy (non-hydrogen) atoms. The molecule has 3 rings (SSSR count). The molecule has 0 aliphatic carbocycles. The van der Waals surface area contributed by atoms with Crippen LogP contribution in [0.15, 0.2) is 36.4 Å². The molecule has 6 nitrogen and oxygen atoms in total. The van der Waals surface area contributed by atoms with E-state index in [1.807, 2.05) is 37.8 Å². The van der Waals surface area contributed by atoms with Gasteiger partial charge in [-0.15, -0.1) is 0 Å². The number of ether oxygens (including phenoxy) is 2. The lowest BCUT2D eigenvalue weighted by molar-refractivity contribution is -0.129. The minimum atomic E-state index is -0.522. The smallest absolute Gasteiger partial charge is 0.407 e. The van der Waals surface area contributed by atoms with Crippen LogP contribution in [0.3, 0.4) is 0 Å². The van der Waals surface area contributed by atoms with Gasteiger partial charge in [-0.1, -0.05) is 36.4 Å². The number of hydrogen-bond donors (Lipinski definition) is 1. The Morgan fingerprint density at radius 2 is 1.97 bits per heavy atom. The van der Waals surface area contributed by atoms with Crippen LogP contribution in [0.4, 0.5) is 4.79 Å². The van der Waals surface area contributed by atoms with E-state index in [1.54, 1.807) is 7.11 Å². The first-order valence-electron chi connectivity index (χ1n) is 10.6. The summed E-state index contributed by atoms with van der Waals surface area (Å²) in [5.74, 6) is 0.161. The number of carbonyl (C=O) groups excluding carboxylic acids is 2. The van der Waals surface area contributed by atoms with Crippen molar-refractivity contribution in [1.29, 1.82) is 0 Å². The summed E-state index contributed by atoms with van der Waals surface area (Å²) in [6, 6.07) is 12.5. The Balaban J connectivity index is 1.74. The van der Waals surface area contributed by atoms with E-state index in [4.69, 9.17) is 9.47 Å². The van der Waals surface area contributed by atoms with Crippen LogP contribution in [0.1, 0.15) is 57.2 Å². The summed E-state index contributed by atoms with van der Waals surface area (Å²) in [7, 11) is 1.69. The molecule has 1 atom stereocenters. The molecular formula is C24H32N2O4. The molecule has 1 aliphatic heterocycles. The van der Waals surface area contributed by atoms with Gasteiger partial charge in [0.15, 0.2) is 0 Å². The normalized spacial score (nSPS) is 16.9. The number of nitrogens with one attached hydrogen (secondary N) is 1. The van der Waals surface area contributed by atoms with Crippen LogP contribution in [-0.2, 0) is 20.9 Å². The van der Waals surface area contributed by atoms with Crippen molar-refractivity contribution in [2.24, 2.45) is 0 Å². The predicted molar refractivity (Wildman–Crippen MR) is 117 cm³/mol. The first-order chi connectivity index (χ1) is 14.3. The average molecular weight is 413 g/mol. The van der Waals surface area contributed by atoms with Crippen LogP contribution in [-0.4, -0.2) is 42.7 Å². The van der Waals surface area contributed by atoms with Crippen molar-refractivity contribution in [1.82, 2.24) is 10.2 Å². The van der Waals surface area contributed by atoms with Crippen LogP contribution >= 0.6 is 0 Å². The second-order valence-corrected chi connectivity index (χ2v) is 8.72. The van der Waals surface area contributed by atoms with Crippen LogP contribution in [0.2, 0.25) is 0 Å². The summed E-state index contributed by atoms with van der Waals surface area (Å²) >= 11 is 0. The van der Waals surface area contributed by atoms with E-state index in [2.05, 4.69) is 29.6 Å². The average Bonchev–Trinajstić information content (AvgIpc) is 3.04. The van der Waals surface area contributed by atoms with Crippen molar-refractivity contribution in [2.75, 3.05) is 20.2 Å². The molecule has 1 heterocycles. The van der Waals surface area contributed by atoms with Gasteiger partial charge in [-0.3, -0.25) is 4.79 Å². The molecule has 0 radical (unpaired) electrons. The van der Waals surface area contributed by atoms with Gasteiger partial charge in [0, 0.05) is 26.6 Å². The molecule has 2 amide bonds. The summed E-state index contributed by atoms with van der Waals surface area (Å²) in [6.07, 6.45) is 1.58. The van der Waals surface area contributed by atoms with E-state index < -0.39 is 11.7 Å². The second kappa shape index (κ2) is 9.47. The van der Waals surface area contributed by atoms with Gasteiger partial charge in [0.25, 0.3) is 0 Å². The number of amides is 2. The van der Waals surface area contributed by atoms with E-state index in [9.17, 15) is 9.59 Å². The fourth-order valence-corrected chi connectivity index (χ4v) is 4.08. The van der Waals surface area contributed by atoms with E-state index in [0.717, 1.165) is 12.0 Å². The first-order valence-corrected chi connectivity index (χ1v) is 10.6. The third kappa shape index (κ3) is 5.30. The zero-order chi connectivity index (χ0) is 21.7. The van der Waals surface area contributed by atoms with Gasteiger partial charge in [-0.25, -0.2) is 4.79 Å². The van der Waals surface area contributed by atoms with Crippen molar-refractivity contribution < 1.29 is 19.1 Å². The lowest BCUT2D eigenvalue weighted by Crippen LogP contribution is -2.35. The number of alkyl carbamates (subject to hydrolysis) is 1. The molecule has 1 fully saturated rings. The molecule has 0 spiro atoms. The lowest BCUT2D eigenvalue weighted by Gasteiger charge is -2.28. The molecule has 0 unspecified atom stereocenters. The van der Waals surface area contributed by atoms with Crippen molar-refractivity contribution in [3.8, 4) is 0 Å². The molecule has 0 aromatic heterocycles. The Bertz CT molecular complexity index is 904. The van der Waals surface area contributed by atoms with E-state index in [0.29, 0.717) is 32.5 Å². The Morgan fingerprint density at radius 1 is 1.20 bits per heavy atom. The summed E-state index contributed by atoms with van der Waals surface area (Å²) in [4.78, 5) is 26.5. The maximum absolute atomic E-state index is 12.7. The van der Waals surface area contributed by atoms with Gasteiger partial charge in [0.2, 0.25) is 5.91 Å². The Kier molecular flexibility index (Phi) is 6.98. The molecule has 162 valence electrons. The molecule has 0 bridgehead atoms. The van der Waals surface area contributed by atoms with Crippen LogP contribution in [0, 0.1) is 0 Å². The number of benzene rings is 2. The van der Waals surface area contributed by atoms with Gasteiger partial charge < -0.3 is 19.7 Å². The lowest BCUT2D eigenvalue weighted by atomic mass is 9.92. The maximum atomic E-state index is 12.7. The van der Waals surface area contributed by atoms with E-state index in [-0.39, 0.29) is 11.9 Å². The van der Waals surface area contributed by atoms with E-state index >= 15 is 0 Å². The molecule has 1 aliphatic rings. The molecule has 1 saturated heterocycles. The molecule has 1 N–H and O–H groups in total. The van der Waals surface area contributed by atoms with Crippen molar-refractivity contribution in [2.45, 2.75) is 58.3 Å². The fraction of sp³-hybridized carbons (Fsp3) is 0.500.